The second-order valence-corrected chi connectivity index (χ2v) is 6.54. The molecule has 2 fully saturated rings. The molecule has 0 aliphatic carbocycles. The van der Waals surface area contributed by atoms with Crippen LogP contribution in [0.15, 0.2) is 24.3 Å². The smallest absolute Gasteiger partial charge is 0.311 e. The fraction of sp³-hybridized carbons (Fsp3) is 0.500. The molecule has 2 heterocycles. The highest BCUT2D eigenvalue weighted by molar-refractivity contribution is 5.83. The summed E-state index contributed by atoms with van der Waals surface area (Å²) in [5.74, 6) is -1.59. The number of likely N-dealkylation sites (tertiary alicyclic amines) is 1. The number of carboxylic acid groups (broad SMARTS) is 1. The van der Waals surface area contributed by atoms with Crippen LogP contribution in [0.1, 0.15) is 24.9 Å². The molecule has 0 aromatic heterocycles. The lowest BCUT2D eigenvalue weighted by Crippen LogP contribution is -2.40. The van der Waals surface area contributed by atoms with Crippen molar-refractivity contribution in [3.63, 3.8) is 0 Å². The van der Waals surface area contributed by atoms with Gasteiger partial charge in [0.2, 0.25) is 5.91 Å². The highest BCUT2D eigenvalue weighted by Crippen LogP contribution is 2.33. The lowest BCUT2D eigenvalue weighted by molar-refractivity contribution is -0.147. The second-order valence-electron chi connectivity index (χ2n) is 6.54. The van der Waals surface area contributed by atoms with Crippen LogP contribution in [0.3, 0.4) is 0 Å². The minimum atomic E-state index is -0.875. The van der Waals surface area contributed by atoms with Crippen LogP contribution in [0.5, 0.6) is 0 Å². The van der Waals surface area contributed by atoms with E-state index in [4.69, 9.17) is 0 Å². The van der Waals surface area contributed by atoms with Crippen LogP contribution >= 0.6 is 0 Å². The van der Waals surface area contributed by atoms with Crippen molar-refractivity contribution in [2.45, 2.75) is 19.4 Å². The Hall–Kier alpha value is -1.99. The average Bonchev–Trinajstić information content (AvgIpc) is 3.15. The molecule has 0 saturated carbocycles. The molecule has 1 aromatic rings. The number of nitrogens with zero attached hydrogens (tertiary/aromatic N) is 1. The lowest BCUT2D eigenvalue weighted by atomic mass is 9.90. The third kappa shape index (κ3) is 2.94. The van der Waals surface area contributed by atoms with E-state index in [1.807, 2.05) is 0 Å². The quantitative estimate of drug-likeness (QED) is 0.771. The van der Waals surface area contributed by atoms with E-state index >= 15 is 0 Å². The van der Waals surface area contributed by atoms with E-state index in [1.54, 1.807) is 24.0 Å². The van der Waals surface area contributed by atoms with E-state index in [1.165, 1.54) is 12.1 Å². The predicted molar refractivity (Wildman–Crippen MR) is 80.7 cm³/mol. The maximum atomic E-state index is 13.1. The van der Waals surface area contributed by atoms with E-state index in [2.05, 4.69) is 10.9 Å². The van der Waals surface area contributed by atoms with Crippen molar-refractivity contribution in [1.29, 1.82) is 0 Å². The zero-order valence-electron chi connectivity index (χ0n) is 12.9. The topological polar surface area (TPSA) is 81.7 Å². The summed E-state index contributed by atoms with van der Waals surface area (Å²) in [7, 11) is 0. The lowest BCUT2D eigenvalue weighted by Gasteiger charge is -2.25. The molecule has 7 heteroatoms. The number of carbonyl (C=O) groups is 2. The van der Waals surface area contributed by atoms with Gasteiger partial charge in [-0.15, -0.1) is 0 Å². The Bertz CT molecular complexity index is 622. The molecule has 0 radical (unpaired) electrons. The highest BCUT2D eigenvalue weighted by Gasteiger charge is 2.45. The van der Waals surface area contributed by atoms with Crippen LogP contribution in [0.4, 0.5) is 4.39 Å². The number of nitrogens with one attached hydrogen (secondary N) is 2. The van der Waals surface area contributed by atoms with Crippen molar-refractivity contribution in [1.82, 2.24) is 15.8 Å². The third-order valence-electron chi connectivity index (χ3n) is 4.83. The molecule has 124 valence electrons. The number of halogens is 1. The van der Waals surface area contributed by atoms with Crippen molar-refractivity contribution < 1.29 is 19.1 Å². The molecule has 0 spiro atoms. The number of hydrazine groups is 1. The number of hydrogen-bond acceptors (Lipinski definition) is 4. The predicted octanol–water partition coefficient (Wildman–Crippen LogP) is 0.914. The Morgan fingerprint density at radius 1 is 1.35 bits per heavy atom. The minimum absolute atomic E-state index is 0.0678. The SMILES string of the molecule is CC1(C(=O)O)CCN(C(=O)C2CNNC2c2ccc(F)cc2)C1. The Labute approximate surface area is 133 Å². The summed E-state index contributed by atoms with van der Waals surface area (Å²) >= 11 is 0. The van der Waals surface area contributed by atoms with Crippen LogP contribution in [-0.2, 0) is 9.59 Å². The number of benzene rings is 1. The summed E-state index contributed by atoms with van der Waals surface area (Å²) in [6.45, 7) is 2.81. The van der Waals surface area contributed by atoms with Gasteiger partial charge in [-0.05, 0) is 31.0 Å². The van der Waals surface area contributed by atoms with Crippen LogP contribution in [-0.4, -0.2) is 41.5 Å². The van der Waals surface area contributed by atoms with E-state index in [0.29, 0.717) is 19.5 Å². The van der Waals surface area contributed by atoms with E-state index in [9.17, 15) is 19.1 Å². The Morgan fingerprint density at radius 2 is 2.04 bits per heavy atom. The summed E-state index contributed by atoms with van der Waals surface area (Å²) in [5.41, 5.74) is 5.98. The van der Waals surface area contributed by atoms with Gasteiger partial charge in [0.05, 0.1) is 17.4 Å². The molecule has 0 bridgehead atoms. The largest absolute Gasteiger partial charge is 0.481 e. The summed E-state index contributed by atoms with van der Waals surface area (Å²) in [6.07, 6.45) is 0.461. The van der Waals surface area contributed by atoms with Crippen LogP contribution in [0.2, 0.25) is 0 Å². The molecular weight excluding hydrogens is 301 g/mol. The third-order valence-corrected chi connectivity index (χ3v) is 4.83. The van der Waals surface area contributed by atoms with Gasteiger partial charge in [0.1, 0.15) is 5.82 Å². The number of aliphatic carboxylic acids is 1. The summed E-state index contributed by atoms with van der Waals surface area (Å²) in [4.78, 5) is 25.7. The van der Waals surface area contributed by atoms with Crippen molar-refractivity contribution in [3.8, 4) is 0 Å². The molecule has 1 amide bonds. The van der Waals surface area contributed by atoms with Gasteiger partial charge >= 0.3 is 5.97 Å². The van der Waals surface area contributed by atoms with Crippen LogP contribution < -0.4 is 10.9 Å². The molecule has 2 aliphatic rings. The van der Waals surface area contributed by atoms with Gasteiger partial charge in [-0.2, -0.15) is 0 Å². The first-order valence-corrected chi connectivity index (χ1v) is 7.67. The number of carbonyl (C=O) groups excluding carboxylic acids is 1. The van der Waals surface area contributed by atoms with E-state index in [0.717, 1.165) is 5.56 Å². The van der Waals surface area contributed by atoms with Crippen LogP contribution in [0, 0.1) is 17.2 Å². The fourth-order valence-corrected chi connectivity index (χ4v) is 3.27. The van der Waals surface area contributed by atoms with Gasteiger partial charge in [0, 0.05) is 19.6 Å². The van der Waals surface area contributed by atoms with Crippen molar-refractivity contribution in [2.75, 3.05) is 19.6 Å². The maximum absolute atomic E-state index is 13.1. The zero-order chi connectivity index (χ0) is 16.6. The molecule has 3 unspecified atom stereocenters. The van der Waals surface area contributed by atoms with Crippen molar-refractivity contribution in [2.24, 2.45) is 11.3 Å². The number of hydrogen-bond donors (Lipinski definition) is 3. The first-order chi connectivity index (χ1) is 10.9. The second kappa shape index (κ2) is 5.90. The number of carboxylic acids is 1. The monoisotopic (exact) mass is 321 g/mol. The van der Waals surface area contributed by atoms with Gasteiger partial charge < -0.3 is 10.0 Å². The molecule has 3 rings (SSSR count). The summed E-state index contributed by atoms with van der Waals surface area (Å²) < 4.78 is 13.1. The summed E-state index contributed by atoms with van der Waals surface area (Å²) in [6, 6.07) is 5.81. The minimum Gasteiger partial charge on any atom is -0.481 e. The van der Waals surface area contributed by atoms with Crippen LogP contribution in [0.25, 0.3) is 0 Å². The molecule has 23 heavy (non-hydrogen) atoms. The number of amides is 1. The average molecular weight is 321 g/mol. The maximum Gasteiger partial charge on any atom is 0.311 e. The Morgan fingerprint density at radius 3 is 2.65 bits per heavy atom. The fourth-order valence-electron chi connectivity index (χ4n) is 3.27. The molecule has 2 saturated heterocycles. The van der Waals surface area contributed by atoms with Crippen molar-refractivity contribution in [3.05, 3.63) is 35.6 Å². The first-order valence-electron chi connectivity index (χ1n) is 7.67. The molecular formula is C16H20FN3O3. The van der Waals surface area contributed by atoms with Crippen molar-refractivity contribution >= 4 is 11.9 Å². The molecule has 2 aliphatic heterocycles. The summed E-state index contributed by atoms with van der Waals surface area (Å²) in [5, 5.41) is 9.30. The highest BCUT2D eigenvalue weighted by atomic mass is 19.1. The first kappa shape index (κ1) is 15.9. The molecule has 3 N–H and O–H groups in total. The normalized spacial score (nSPS) is 30.6. The zero-order valence-corrected chi connectivity index (χ0v) is 12.9. The molecule has 6 nitrogen and oxygen atoms in total. The van der Waals surface area contributed by atoms with E-state index in [-0.39, 0.29) is 30.2 Å². The van der Waals surface area contributed by atoms with Gasteiger partial charge in [0.15, 0.2) is 0 Å². The van der Waals surface area contributed by atoms with Gasteiger partial charge in [0.25, 0.3) is 0 Å². The number of rotatable bonds is 3. The standard InChI is InChI=1S/C16H20FN3O3/c1-16(15(22)23)6-7-20(9-16)14(21)12-8-18-19-13(12)10-2-4-11(17)5-3-10/h2-5,12-13,18-19H,6-9H2,1H3,(H,22,23). The van der Waals surface area contributed by atoms with Gasteiger partial charge in [-0.1, -0.05) is 12.1 Å². The van der Waals surface area contributed by atoms with Gasteiger partial charge in [-0.3, -0.25) is 15.0 Å². The Balaban J connectivity index is 1.74. The van der Waals surface area contributed by atoms with Gasteiger partial charge in [-0.25, -0.2) is 9.82 Å². The molecule has 1 aromatic carbocycles. The Kier molecular flexibility index (Phi) is 4.08. The van der Waals surface area contributed by atoms with E-state index < -0.39 is 11.4 Å². The molecule has 3 atom stereocenters.